The van der Waals surface area contributed by atoms with Gasteiger partial charge in [-0.1, -0.05) is 19.3 Å². The summed E-state index contributed by atoms with van der Waals surface area (Å²) in [6.07, 6.45) is 12.8. The van der Waals surface area contributed by atoms with Gasteiger partial charge in [0.1, 0.15) is 22.8 Å². The molecular weight excluding hydrogens is 508 g/mol. The van der Waals surface area contributed by atoms with Crippen molar-refractivity contribution < 1.29 is 14.3 Å². The molecule has 1 saturated carbocycles. The Hall–Kier alpha value is -3.73. The quantitative estimate of drug-likeness (QED) is 0.486. The average Bonchev–Trinajstić information content (AvgIpc) is 3.61. The van der Waals surface area contributed by atoms with Crippen LogP contribution in [0.5, 0.6) is 0 Å². The van der Waals surface area contributed by atoms with Crippen molar-refractivity contribution >= 4 is 40.5 Å². The summed E-state index contributed by atoms with van der Waals surface area (Å²) in [6.45, 7) is 0.556. The van der Waals surface area contributed by atoms with Gasteiger partial charge in [-0.2, -0.15) is 4.98 Å². The third-order valence-electron chi connectivity index (χ3n) is 8.98. The SMILES string of the molecule is CN(C)C(=O)c1cc2cnc(Nc3ccc(N4C[C@]5(C[C@H]6CC[C@@H](C5)N6)OC4=O)cn3)nc2n1C1CCCCC1. The van der Waals surface area contributed by atoms with Crippen molar-refractivity contribution in [1.29, 1.82) is 0 Å². The number of ether oxygens (including phenoxy) is 1. The molecule has 2 amide bonds. The van der Waals surface area contributed by atoms with Gasteiger partial charge in [-0.15, -0.1) is 0 Å². The van der Waals surface area contributed by atoms with Crippen molar-refractivity contribution in [2.24, 2.45) is 0 Å². The van der Waals surface area contributed by atoms with E-state index in [2.05, 4.69) is 25.2 Å². The number of piperidine rings is 1. The number of carbonyl (C=O) groups is 2. The lowest BCUT2D eigenvalue weighted by molar-refractivity contribution is 0.0161. The summed E-state index contributed by atoms with van der Waals surface area (Å²) in [4.78, 5) is 43.1. The summed E-state index contributed by atoms with van der Waals surface area (Å²) in [7, 11) is 3.55. The van der Waals surface area contributed by atoms with Crippen LogP contribution >= 0.6 is 0 Å². The highest BCUT2D eigenvalue weighted by Gasteiger charge is 2.52. The summed E-state index contributed by atoms with van der Waals surface area (Å²) in [5.41, 5.74) is 1.71. The van der Waals surface area contributed by atoms with E-state index >= 15 is 0 Å². The number of amides is 2. The van der Waals surface area contributed by atoms with Crippen LogP contribution in [-0.2, 0) is 4.74 Å². The molecule has 0 aromatic carbocycles. The Morgan fingerprint density at radius 3 is 2.55 bits per heavy atom. The number of hydrogen-bond acceptors (Lipinski definition) is 8. The largest absolute Gasteiger partial charge is 0.441 e. The maximum Gasteiger partial charge on any atom is 0.415 e. The smallest absolute Gasteiger partial charge is 0.415 e. The number of carbonyl (C=O) groups excluding carboxylic acids is 2. The number of anilines is 3. The summed E-state index contributed by atoms with van der Waals surface area (Å²) in [6, 6.07) is 6.72. The van der Waals surface area contributed by atoms with Gasteiger partial charge in [0.05, 0.1) is 18.4 Å². The standard InChI is InChI=1S/C29H36N8O3/c1-35(2)26(38)23-12-18-15-31-27(34-25(18)37(23)21-6-4-3-5-7-21)33-24-11-10-22(16-30-24)36-17-29(40-28(36)39)13-19-8-9-20(14-29)32-19/h10-12,15-16,19-21,32H,3-9,13-14,17H2,1-2H3,(H,30,31,33,34)/t19-,20+,29-. The Kier molecular flexibility index (Phi) is 6.14. The lowest BCUT2D eigenvalue weighted by atomic mass is 9.87. The van der Waals surface area contributed by atoms with Gasteiger partial charge in [-0.3, -0.25) is 9.69 Å². The van der Waals surface area contributed by atoms with Crippen molar-refractivity contribution in [1.82, 2.24) is 29.7 Å². The maximum atomic E-state index is 13.0. The zero-order valence-electron chi connectivity index (χ0n) is 23.1. The Balaban J connectivity index is 1.12. The molecule has 1 aliphatic carbocycles. The van der Waals surface area contributed by atoms with Crippen LogP contribution < -0.4 is 15.5 Å². The topological polar surface area (TPSA) is 118 Å². The van der Waals surface area contributed by atoms with E-state index in [1.54, 1.807) is 36.3 Å². The molecule has 3 aromatic rings. The van der Waals surface area contributed by atoms with E-state index in [9.17, 15) is 9.59 Å². The minimum atomic E-state index is -0.408. The molecule has 40 heavy (non-hydrogen) atoms. The first kappa shape index (κ1) is 25.3. The molecule has 3 saturated heterocycles. The lowest BCUT2D eigenvalue weighted by Crippen LogP contribution is -2.50. The van der Waals surface area contributed by atoms with Crippen LogP contribution in [0.3, 0.4) is 0 Å². The molecule has 4 aliphatic rings. The fraction of sp³-hybridized carbons (Fsp3) is 0.552. The molecule has 0 unspecified atom stereocenters. The Morgan fingerprint density at radius 1 is 1.07 bits per heavy atom. The molecule has 3 atom stereocenters. The molecule has 1 spiro atoms. The number of fused-ring (bicyclic) bond motifs is 3. The Morgan fingerprint density at radius 2 is 1.85 bits per heavy atom. The van der Waals surface area contributed by atoms with Crippen LogP contribution in [0.25, 0.3) is 11.0 Å². The molecule has 3 aliphatic heterocycles. The van der Waals surface area contributed by atoms with E-state index in [4.69, 9.17) is 9.72 Å². The van der Waals surface area contributed by atoms with Crippen LogP contribution in [0.4, 0.5) is 22.2 Å². The van der Waals surface area contributed by atoms with Crippen molar-refractivity contribution in [2.45, 2.75) is 81.5 Å². The Labute approximate surface area is 233 Å². The number of nitrogens with one attached hydrogen (secondary N) is 2. The van der Waals surface area contributed by atoms with Crippen LogP contribution in [-0.4, -0.2) is 74.7 Å². The number of hydrogen-bond donors (Lipinski definition) is 2. The predicted octanol–water partition coefficient (Wildman–Crippen LogP) is 4.39. The maximum absolute atomic E-state index is 13.0. The van der Waals surface area contributed by atoms with Gasteiger partial charge in [0.2, 0.25) is 5.95 Å². The van der Waals surface area contributed by atoms with Crippen molar-refractivity contribution in [3.8, 4) is 0 Å². The highest BCUT2D eigenvalue weighted by Crippen LogP contribution is 2.42. The fourth-order valence-electron chi connectivity index (χ4n) is 7.15. The summed E-state index contributed by atoms with van der Waals surface area (Å²) in [5, 5.41) is 7.68. The second-order valence-corrected chi connectivity index (χ2v) is 12.1. The first-order valence-corrected chi connectivity index (χ1v) is 14.5. The van der Waals surface area contributed by atoms with Crippen LogP contribution in [0.1, 0.15) is 74.3 Å². The highest BCUT2D eigenvalue weighted by molar-refractivity contribution is 5.98. The fourth-order valence-corrected chi connectivity index (χ4v) is 7.15. The van der Waals surface area contributed by atoms with Crippen molar-refractivity contribution in [3.63, 3.8) is 0 Å². The molecule has 4 fully saturated rings. The van der Waals surface area contributed by atoms with Crippen molar-refractivity contribution in [3.05, 3.63) is 36.3 Å². The van der Waals surface area contributed by atoms with Gasteiger partial charge >= 0.3 is 6.09 Å². The number of aromatic nitrogens is 4. The minimum absolute atomic E-state index is 0.0327. The molecule has 2 bridgehead atoms. The van der Waals surface area contributed by atoms with E-state index < -0.39 is 5.60 Å². The van der Waals surface area contributed by atoms with E-state index in [-0.39, 0.29) is 18.0 Å². The van der Waals surface area contributed by atoms with Gasteiger partial charge in [-0.25, -0.2) is 14.8 Å². The summed E-state index contributed by atoms with van der Waals surface area (Å²) in [5.74, 6) is 0.955. The number of nitrogens with zero attached hydrogens (tertiary/aromatic N) is 6. The Bertz CT molecular complexity index is 1430. The molecule has 7 rings (SSSR count). The predicted molar refractivity (Wildman–Crippen MR) is 151 cm³/mol. The van der Waals surface area contributed by atoms with Crippen molar-refractivity contribution in [2.75, 3.05) is 30.9 Å². The molecule has 210 valence electrons. The normalized spacial score (nSPS) is 26.4. The number of rotatable bonds is 5. The zero-order valence-corrected chi connectivity index (χ0v) is 23.1. The van der Waals surface area contributed by atoms with E-state index in [1.807, 2.05) is 18.2 Å². The first-order valence-electron chi connectivity index (χ1n) is 14.5. The zero-order chi connectivity index (χ0) is 27.4. The molecule has 0 radical (unpaired) electrons. The van der Waals surface area contributed by atoms with E-state index in [0.717, 1.165) is 62.4 Å². The van der Waals surface area contributed by atoms with Crippen LogP contribution in [0, 0.1) is 0 Å². The van der Waals surface area contributed by atoms with Gasteiger partial charge in [0.15, 0.2) is 0 Å². The molecule has 11 nitrogen and oxygen atoms in total. The van der Waals surface area contributed by atoms with Gasteiger partial charge in [0.25, 0.3) is 5.91 Å². The molecule has 11 heteroatoms. The third-order valence-corrected chi connectivity index (χ3v) is 8.98. The van der Waals surface area contributed by atoms with E-state index in [0.29, 0.717) is 41.8 Å². The monoisotopic (exact) mass is 544 g/mol. The summed E-state index contributed by atoms with van der Waals surface area (Å²) >= 11 is 0. The van der Waals surface area contributed by atoms with Gasteiger partial charge < -0.3 is 24.8 Å². The molecule has 3 aromatic heterocycles. The second-order valence-electron chi connectivity index (χ2n) is 12.1. The molecule has 2 N–H and O–H groups in total. The first-order chi connectivity index (χ1) is 19.4. The van der Waals surface area contributed by atoms with Gasteiger partial charge in [0, 0.05) is 56.6 Å². The van der Waals surface area contributed by atoms with Gasteiger partial charge in [-0.05, 0) is 43.9 Å². The number of pyridine rings is 1. The third kappa shape index (κ3) is 4.46. The highest BCUT2D eigenvalue weighted by atomic mass is 16.6. The van der Waals surface area contributed by atoms with Crippen LogP contribution in [0.2, 0.25) is 0 Å². The second kappa shape index (κ2) is 9.72. The average molecular weight is 545 g/mol. The summed E-state index contributed by atoms with van der Waals surface area (Å²) < 4.78 is 8.07. The minimum Gasteiger partial charge on any atom is -0.441 e. The molecule has 6 heterocycles. The van der Waals surface area contributed by atoms with E-state index in [1.165, 1.54) is 6.42 Å². The molecular formula is C29H36N8O3. The lowest BCUT2D eigenvalue weighted by Gasteiger charge is -2.36. The van der Waals surface area contributed by atoms with Crippen LogP contribution in [0.15, 0.2) is 30.6 Å².